The topological polar surface area (TPSA) is 105 Å². The maximum Gasteiger partial charge on any atom is 0.243 e. The molecule has 1 aromatic carbocycles. The fourth-order valence-electron chi connectivity index (χ4n) is 3.90. The third kappa shape index (κ3) is 4.17. The minimum Gasteiger partial charge on any atom is -0.350 e. The molecule has 1 aliphatic heterocycles. The monoisotopic (exact) mass is 469 g/mol. The summed E-state index contributed by atoms with van der Waals surface area (Å²) in [5, 5.41) is 9.03. The highest BCUT2D eigenvalue weighted by Gasteiger charge is 2.23. The Balaban J connectivity index is 1.35. The van der Waals surface area contributed by atoms with Crippen molar-refractivity contribution in [3.63, 3.8) is 0 Å². The lowest BCUT2D eigenvalue weighted by Gasteiger charge is -2.31. The van der Waals surface area contributed by atoms with E-state index in [0.717, 1.165) is 48.0 Å². The summed E-state index contributed by atoms with van der Waals surface area (Å²) in [7, 11) is -3.29. The Morgan fingerprint density at radius 2 is 1.94 bits per heavy atom. The Morgan fingerprint density at radius 3 is 2.66 bits per heavy atom. The van der Waals surface area contributed by atoms with Gasteiger partial charge in [0, 0.05) is 48.7 Å². The number of pyridine rings is 1. The van der Waals surface area contributed by atoms with E-state index in [2.05, 4.69) is 24.7 Å². The second-order valence-electron chi connectivity index (χ2n) is 7.96. The van der Waals surface area contributed by atoms with Crippen LogP contribution in [-0.4, -0.2) is 57.8 Å². The molecule has 1 N–H and O–H groups in total. The Bertz CT molecular complexity index is 1370. The van der Waals surface area contributed by atoms with Gasteiger partial charge in [0.25, 0.3) is 0 Å². The lowest BCUT2D eigenvalue weighted by atomic mass is 10.1. The Hall–Kier alpha value is -3.05. The number of fused-ring (bicyclic) bond motifs is 1. The zero-order chi connectivity index (χ0) is 22.3. The molecule has 0 saturated carbocycles. The summed E-state index contributed by atoms with van der Waals surface area (Å²) in [6.45, 7) is 3.72. The summed E-state index contributed by atoms with van der Waals surface area (Å²) in [5.41, 5.74) is 2.31. The van der Waals surface area contributed by atoms with E-state index in [9.17, 15) is 8.42 Å². The number of hydrogen-bond acceptors (Lipinski definition) is 9. The van der Waals surface area contributed by atoms with Crippen LogP contribution in [0.2, 0.25) is 0 Å². The zero-order valence-electron chi connectivity index (χ0n) is 17.8. The maximum atomic E-state index is 12.0. The first-order valence-corrected chi connectivity index (χ1v) is 13.0. The molecular formula is C21H23N7O2S2. The molecule has 32 heavy (non-hydrogen) atoms. The van der Waals surface area contributed by atoms with Crippen LogP contribution in [0.25, 0.3) is 16.8 Å². The van der Waals surface area contributed by atoms with Crippen molar-refractivity contribution in [3.8, 4) is 11.1 Å². The molecule has 9 nitrogen and oxygen atoms in total. The molecule has 0 aliphatic carbocycles. The number of sulfone groups is 1. The first-order chi connectivity index (χ1) is 15.4. The minimum absolute atomic E-state index is 0.273. The van der Waals surface area contributed by atoms with Gasteiger partial charge < -0.3 is 10.2 Å². The molecule has 4 heterocycles. The molecule has 0 bridgehead atoms. The van der Waals surface area contributed by atoms with Crippen LogP contribution in [-0.2, 0) is 9.84 Å². The number of aromatic nitrogens is 5. The van der Waals surface area contributed by atoms with Crippen molar-refractivity contribution in [1.29, 1.82) is 0 Å². The van der Waals surface area contributed by atoms with E-state index >= 15 is 0 Å². The van der Waals surface area contributed by atoms with Crippen LogP contribution in [0.1, 0.15) is 18.7 Å². The molecule has 0 radical (unpaired) electrons. The Kier molecular flexibility index (Phi) is 5.30. The van der Waals surface area contributed by atoms with E-state index in [1.54, 1.807) is 22.7 Å². The SMILES string of the molecule is Cc1nsc(N2CCC(Nc3nc4c(-c5cccc(S(C)(=O)=O)c5)cccn4n3)CC2)n1. The highest BCUT2D eigenvalue weighted by Crippen LogP contribution is 2.27. The summed E-state index contributed by atoms with van der Waals surface area (Å²) < 4.78 is 29.9. The van der Waals surface area contributed by atoms with Crippen LogP contribution in [0, 0.1) is 6.92 Å². The fraction of sp³-hybridized carbons (Fsp3) is 0.333. The van der Waals surface area contributed by atoms with Crippen LogP contribution in [0.5, 0.6) is 0 Å². The number of piperidine rings is 1. The van der Waals surface area contributed by atoms with E-state index in [0.29, 0.717) is 11.6 Å². The number of anilines is 2. The molecule has 166 valence electrons. The first-order valence-electron chi connectivity index (χ1n) is 10.3. The average molecular weight is 470 g/mol. The summed E-state index contributed by atoms with van der Waals surface area (Å²) in [5.74, 6) is 1.39. The van der Waals surface area contributed by atoms with Gasteiger partial charge in [-0.25, -0.2) is 17.9 Å². The normalized spacial score (nSPS) is 15.4. The highest BCUT2D eigenvalue weighted by molar-refractivity contribution is 7.90. The summed E-state index contributed by atoms with van der Waals surface area (Å²) in [4.78, 5) is 11.7. The van der Waals surface area contributed by atoms with E-state index in [-0.39, 0.29) is 10.9 Å². The van der Waals surface area contributed by atoms with E-state index in [1.807, 2.05) is 31.3 Å². The maximum absolute atomic E-state index is 12.0. The summed E-state index contributed by atoms with van der Waals surface area (Å²) in [6, 6.07) is 11.0. The van der Waals surface area contributed by atoms with Gasteiger partial charge in [0.15, 0.2) is 15.5 Å². The number of benzene rings is 1. The predicted molar refractivity (Wildman–Crippen MR) is 125 cm³/mol. The van der Waals surface area contributed by atoms with Crippen molar-refractivity contribution in [1.82, 2.24) is 24.0 Å². The van der Waals surface area contributed by atoms with Crippen molar-refractivity contribution in [2.75, 3.05) is 29.6 Å². The van der Waals surface area contributed by atoms with E-state index < -0.39 is 9.84 Å². The van der Waals surface area contributed by atoms with Crippen LogP contribution >= 0.6 is 11.5 Å². The number of aryl methyl sites for hydroxylation is 1. The largest absolute Gasteiger partial charge is 0.350 e. The standard InChI is InChI=1S/C21H23N7O2S2/c1-14-22-21(31-26-14)27-11-8-16(9-12-27)23-20-24-19-18(7-4-10-28(19)25-20)15-5-3-6-17(13-15)32(2,29)30/h3-7,10,13,16H,8-9,11-12H2,1-2H3,(H,23,25). The molecule has 0 spiro atoms. The molecule has 1 aliphatic rings. The van der Waals surface area contributed by atoms with Gasteiger partial charge in [0.1, 0.15) is 5.82 Å². The Labute approximate surface area is 190 Å². The minimum atomic E-state index is -3.29. The first kappa shape index (κ1) is 20.8. The van der Waals surface area contributed by atoms with Gasteiger partial charge in [0.05, 0.1) is 4.90 Å². The van der Waals surface area contributed by atoms with Gasteiger partial charge in [-0.1, -0.05) is 12.1 Å². The lowest BCUT2D eigenvalue weighted by Crippen LogP contribution is -2.39. The van der Waals surface area contributed by atoms with Crippen molar-refractivity contribution < 1.29 is 8.42 Å². The summed E-state index contributed by atoms with van der Waals surface area (Å²) in [6.07, 6.45) is 4.97. The number of nitrogens with one attached hydrogen (secondary N) is 1. The molecule has 11 heteroatoms. The van der Waals surface area contributed by atoms with Crippen LogP contribution < -0.4 is 10.2 Å². The van der Waals surface area contributed by atoms with Crippen molar-refractivity contribution in [2.24, 2.45) is 0 Å². The van der Waals surface area contributed by atoms with Gasteiger partial charge in [0.2, 0.25) is 11.1 Å². The van der Waals surface area contributed by atoms with Gasteiger partial charge in [-0.15, -0.1) is 5.10 Å². The van der Waals surface area contributed by atoms with Crippen LogP contribution in [0.3, 0.4) is 0 Å². The van der Waals surface area contributed by atoms with Gasteiger partial charge >= 0.3 is 0 Å². The molecule has 0 amide bonds. The molecule has 1 fully saturated rings. The predicted octanol–water partition coefficient (Wildman–Crippen LogP) is 3.04. The molecule has 5 rings (SSSR count). The highest BCUT2D eigenvalue weighted by atomic mass is 32.2. The molecule has 1 saturated heterocycles. The second-order valence-corrected chi connectivity index (χ2v) is 10.7. The van der Waals surface area contributed by atoms with E-state index in [4.69, 9.17) is 4.98 Å². The lowest BCUT2D eigenvalue weighted by molar-refractivity contribution is 0.523. The zero-order valence-corrected chi connectivity index (χ0v) is 19.4. The number of hydrogen-bond donors (Lipinski definition) is 1. The molecule has 0 atom stereocenters. The van der Waals surface area contributed by atoms with Gasteiger partial charge in [-0.05, 0) is 49.6 Å². The van der Waals surface area contributed by atoms with E-state index in [1.165, 1.54) is 17.8 Å². The third-order valence-corrected chi connectivity index (χ3v) is 7.53. The van der Waals surface area contributed by atoms with Gasteiger partial charge in [-0.2, -0.15) is 9.36 Å². The molecular weight excluding hydrogens is 446 g/mol. The number of nitrogens with zero attached hydrogens (tertiary/aromatic N) is 6. The van der Waals surface area contributed by atoms with Crippen molar-refractivity contribution >= 4 is 38.1 Å². The Morgan fingerprint density at radius 1 is 1.12 bits per heavy atom. The third-order valence-electron chi connectivity index (χ3n) is 5.55. The molecule has 0 unspecified atom stereocenters. The molecule has 3 aromatic heterocycles. The fourth-order valence-corrected chi connectivity index (χ4v) is 5.29. The van der Waals surface area contributed by atoms with Gasteiger partial charge in [-0.3, -0.25) is 0 Å². The van der Waals surface area contributed by atoms with Crippen LogP contribution in [0.4, 0.5) is 11.1 Å². The smallest absolute Gasteiger partial charge is 0.243 e. The van der Waals surface area contributed by atoms with Crippen LogP contribution in [0.15, 0.2) is 47.5 Å². The van der Waals surface area contributed by atoms with Crippen molar-refractivity contribution in [3.05, 3.63) is 48.4 Å². The van der Waals surface area contributed by atoms with Crippen molar-refractivity contribution in [2.45, 2.75) is 30.7 Å². The molecule has 4 aromatic rings. The average Bonchev–Trinajstić information content (AvgIpc) is 3.39. The number of rotatable bonds is 5. The quantitative estimate of drug-likeness (QED) is 0.475. The second kappa shape index (κ2) is 8.14. The summed E-state index contributed by atoms with van der Waals surface area (Å²) >= 11 is 1.44.